The van der Waals surface area contributed by atoms with Crippen LogP contribution in [0.5, 0.6) is 0 Å². The molecule has 0 atom stereocenters. The van der Waals surface area contributed by atoms with Crippen molar-refractivity contribution < 1.29 is 9.90 Å². The molecule has 2 aromatic carbocycles. The van der Waals surface area contributed by atoms with Crippen molar-refractivity contribution in [1.82, 2.24) is 20.0 Å². The number of aliphatic hydroxyl groups is 1. The summed E-state index contributed by atoms with van der Waals surface area (Å²) in [6.45, 7) is 3.19. The van der Waals surface area contributed by atoms with E-state index in [0.29, 0.717) is 17.3 Å². The molecule has 2 heterocycles. The number of hydrogen-bond acceptors (Lipinski definition) is 4. The molecule has 2 N–H and O–H groups in total. The van der Waals surface area contributed by atoms with E-state index in [0.717, 1.165) is 43.7 Å². The van der Waals surface area contributed by atoms with Crippen LogP contribution in [-0.2, 0) is 13.1 Å². The van der Waals surface area contributed by atoms with Gasteiger partial charge in [-0.3, -0.25) is 9.69 Å². The van der Waals surface area contributed by atoms with E-state index in [-0.39, 0.29) is 12.0 Å². The van der Waals surface area contributed by atoms with Gasteiger partial charge in [-0.05, 0) is 42.2 Å². The molecule has 1 aliphatic heterocycles. The van der Waals surface area contributed by atoms with Gasteiger partial charge in [0.25, 0.3) is 5.91 Å². The number of nitrogens with one attached hydrogen (secondary N) is 1. The minimum atomic E-state index is -0.225. The average Bonchev–Trinajstić information content (AvgIpc) is 3.25. The highest BCUT2D eigenvalue weighted by Gasteiger charge is 2.17. The zero-order chi connectivity index (χ0) is 20.9. The summed E-state index contributed by atoms with van der Waals surface area (Å²) < 4.78 is 1.60. The van der Waals surface area contributed by atoms with Gasteiger partial charge in [0.1, 0.15) is 0 Å². The van der Waals surface area contributed by atoms with Gasteiger partial charge in [-0.25, -0.2) is 4.68 Å². The topological polar surface area (TPSA) is 70.4 Å². The van der Waals surface area contributed by atoms with E-state index in [2.05, 4.69) is 27.4 Å². The van der Waals surface area contributed by atoms with Gasteiger partial charge in [-0.1, -0.05) is 48.0 Å². The number of benzene rings is 2. The molecule has 0 spiro atoms. The molecule has 1 fully saturated rings. The molecule has 0 saturated carbocycles. The Labute approximate surface area is 181 Å². The van der Waals surface area contributed by atoms with E-state index in [1.807, 2.05) is 30.3 Å². The molecule has 4 rings (SSSR count). The van der Waals surface area contributed by atoms with Crippen molar-refractivity contribution in [3.05, 3.63) is 82.6 Å². The Morgan fingerprint density at radius 3 is 2.50 bits per heavy atom. The van der Waals surface area contributed by atoms with Crippen LogP contribution in [-0.4, -0.2) is 44.9 Å². The molecule has 7 heteroatoms. The predicted octanol–water partition coefficient (Wildman–Crippen LogP) is 3.41. The smallest absolute Gasteiger partial charge is 0.272 e. The highest BCUT2D eigenvalue weighted by atomic mass is 35.5. The lowest BCUT2D eigenvalue weighted by molar-refractivity contribution is 0.0792. The van der Waals surface area contributed by atoms with Crippen LogP contribution in [0.4, 0.5) is 0 Å². The van der Waals surface area contributed by atoms with Crippen molar-refractivity contribution >= 4 is 17.5 Å². The zero-order valence-corrected chi connectivity index (χ0v) is 17.4. The Balaban J connectivity index is 1.30. The van der Waals surface area contributed by atoms with Crippen molar-refractivity contribution in [2.75, 3.05) is 13.1 Å². The maximum absolute atomic E-state index is 12.5. The van der Waals surface area contributed by atoms with Gasteiger partial charge in [0, 0.05) is 32.4 Å². The molecule has 30 heavy (non-hydrogen) atoms. The van der Waals surface area contributed by atoms with E-state index in [1.165, 1.54) is 5.56 Å². The number of amides is 1. The van der Waals surface area contributed by atoms with E-state index in [1.54, 1.807) is 23.0 Å². The molecule has 1 aliphatic rings. The number of rotatable bonds is 6. The second-order valence-electron chi connectivity index (χ2n) is 7.60. The summed E-state index contributed by atoms with van der Waals surface area (Å²) in [5.41, 5.74) is 3.35. The van der Waals surface area contributed by atoms with Gasteiger partial charge in [0.15, 0.2) is 5.69 Å². The fourth-order valence-electron chi connectivity index (χ4n) is 3.59. The number of nitrogens with zero attached hydrogens (tertiary/aromatic N) is 3. The van der Waals surface area contributed by atoms with E-state index < -0.39 is 0 Å². The third-order valence-electron chi connectivity index (χ3n) is 5.36. The summed E-state index contributed by atoms with van der Waals surface area (Å²) in [6, 6.07) is 17.3. The Bertz CT molecular complexity index is 994. The summed E-state index contributed by atoms with van der Waals surface area (Å²) in [5.74, 6) is -0.225. The monoisotopic (exact) mass is 424 g/mol. The first-order chi connectivity index (χ1) is 14.6. The standard InChI is InChI=1S/C23H25ClN4O2/c24-20-3-1-2-4-22(20)28-14-11-21(26-28)23(30)25-15-17-5-7-18(8-6-17)16-27-12-9-19(29)10-13-27/h1-8,11,14,19,29H,9-10,12-13,15-16H2,(H,25,30). The van der Waals surface area contributed by atoms with Crippen molar-refractivity contribution in [3.63, 3.8) is 0 Å². The highest BCUT2D eigenvalue weighted by Crippen LogP contribution is 2.19. The van der Waals surface area contributed by atoms with Gasteiger partial charge in [0.2, 0.25) is 0 Å². The normalized spacial score (nSPS) is 15.3. The van der Waals surface area contributed by atoms with Crippen LogP contribution in [0.3, 0.4) is 0 Å². The second kappa shape index (κ2) is 9.43. The number of hydrogen-bond donors (Lipinski definition) is 2. The van der Waals surface area contributed by atoms with Crippen LogP contribution in [0.1, 0.15) is 34.5 Å². The number of para-hydroxylation sites is 1. The van der Waals surface area contributed by atoms with Crippen LogP contribution in [0.15, 0.2) is 60.8 Å². The lowest BCUT2D eigenvalue weighted by atomic mass is 10.1. The maximum Gasteiger partial charge on any atom is 0.272 e. The SMILES string of the molecule is O=C(NCc1ccc(CN2CCC(O)CC2)cc1)c1ccn(-c2ccccc2Cl)n1. The molecule has 0 unspecified atom stereocenters. The van der Waals surface area contributed by atoms with Gasteiger partial charge < -0.3 is 10.4 Å². The Morgan fingerprint density at radius 2 is 1.77 bits per heavy atom. The average molecular weight is 425 g/mol. The molecule has 156 valence electrons. The minimum Gasteiger partial charge on any atom is -0.393 e. The summed E-state index contributed by atoms with van der Waals surface area (Å²) in [7, 11) is 0. The van der Waals surface area contributed by atoms with Crippen molar-refractivity contribution in [2.45, 2.75) is 32.0 Å². The Kier molecular flexibility index (Phi) is 6.47. The van der Waals surface area contributed by atoms with Crippen LogP contribution in [0.25, 0.3) is 5.69 Å². The first-order valence-corrected chi connectivity index (χ1v) is 10.5. The third kappa shape index (κ3) is 5.08. The molecular weight excluding hydrogens is 400 g/mol. The van der Waals surface area contributed by atoms with Crippen LogP contribution in [0.2, 0.25) is 5.02 Å². The summed E-state index contributed by atoms with van der Waals surface area (Å²) in [5, 5.41) is 17.4. The summed E-state index contributed by atoms with van der Waals surface area (Å²) in [4.78, 5) is 14.8. The van der Waals surface area contributed by atoms with Gasteiger partial charge in [0.05, 0.1) is 16.8 Å². The molecule has 1 amide bonds. The molecule has 1 aromatic heterocycles. The molecule has 6 nitrogen and oxygen atoms in total. The fraction of sp³-hybridized carbons (Fsp3) is 0.304. The van der Waals surface area contributed by atoms with Crippen LogP contribution < -0.4 is 5.32 Å². The second-order valence-corrected chi connectivity index (χ2v) is 8.01. The predicted molar refractivity (Wildman–Crippen MR) is 117 cm³/mol. The van der Waals surface area contributed by atoms with E-state index >= 15 is 0 Å². The number of likely N-dealkylation sites (tertiary alicyclic amines) is 1. The summed E-state index contributed by atoms with van der Waals surface area (Å²) >= 11 is 6.19. The van der Waals surface area contributed by atoms with Gasteiger partial charge >= 0.3 is 0 Å². The molecule has 0 bridgehead atoms. The molecule has 0 aliphatic carbocycles. The number of carbonyl (C=O) groups is 1. The van der Waals surface area contributed by atoms with Crippen LogP contribution in [0, 0.1) is 0 Å². The fourth-order valence-corrected chi connectivity index (χ4v) is 3.81. The van der Waals surface area contributed by atoms with Crippen molar-refractivity contribution in [1.29, 1.82) is 0 Å². The lowest BCUT2D eigenvalue weighted by Crippen LogP contribution is -2.35. The highest BCUT2D eigenvalue weighted by molar-refractivity contribution is 6.32. The lowest BCUT2D eigenvalue weighted by Gasteiger charge is -2.29. The first kappa shape index (κ1) is 20.6. The Morgan fingerprint density at radius 1 is 1.07 bits per heavy atom. The molecular formula is C23H25ClN4O2. The Hall–Kier alpha value is -2.67. The number of carbonyl (C=O) groups excluding carboxylic acids is 1. The number of halogens is 1. The number of aliphatic hydroxyl groups excluding tert-OH is 1. The van der Waals surface area contributed by atoms with Crippen molar-refractivity contribution in [2.24, 2.45) is 0 Å². The quantitative estimate of drug-likeness (QED) is 0.636. The third-order valence-corrected chi connectivity index (χ3v) is 5.68. The van der Waals surface area contributed by atoms with Gasteiger partial charge in [-0.15, -0.1) is 0 Å². The van der Waals surface area contributed by atoms with Crippen molar-refractivity contribution in [3.8, 4) is 5.69 Å². The minimum absolute atomic E-state index is 0.150. The first-order valence-electron chi connectivity index (χ1n) is 10.2. The molecule has 0 radical (unpaired) electrons. The van der Waals surface area contributed by atoms with E-state index in [4.69, 9.17) is 11.6 Å². The van der Waals surface area contributed by atoms with Gasteiger partial charge in [-0.2, -0.15) is 5.10 Å². The molecule has 1 saturated heterocycles. The summed E-state index contributed by atoms with van der Waals surface area (Å²) in [6.07, 6.45) is 3.26. The zero-order valence-electron chi connectivity index (χ0n) is 16.7. The number of piperidine rings is 1. The largest absolute Gasteiger partial charge is 0.393 e. The van der Waals surface area contributed by atoms with E-state index in [9.17, 15) is 9.90 Å². The maximum atomic E-state index is 12.5. The van der Waals surface area contributed by atoms with Crippen LogP contribution >= 0.6 is 11.6 Å². The molecule has 3 aromatic rings. The number of aromatic nitrogens is 2.